The van der Waals surface area contributed by atoms with Gasteiger partial charge in [0.05, 0.1) is 6.04 Å². The zero-order valence-electron chi connectivity index (χ0n) is 15.6. The number of nitrogens with two attached hydrogens (primary N) is 1. The maximum absolute atomic E-state index is 12.6. The Balaban J connectivity index is 1.55. The van der Waals surface area contributed by atoms with Gasteiger partial charge in [0.2, 0.25) is 5.91 Å². The van der Waals surface area contributed by atoms with E-state index in [1.54, 1.807) is 24.3 Å². The third-order valence-corrected chi connectivity index (χ3v) is 4.83. The fourth-order valence-electron chi connectivity index (χ4n) is 3.08. The minimum absolute atomic E-state index is 0.0294. The van der Waals surface area contributed by atoms with Crippen LogP contribution in [0.1, 0.15) is 15.9 Å². The zero-order valence-corrected chi connectivity index (χ0v) is 15.6. The maximum Gasteiger partial charge on any atom is 0.253 e. The van der Waals surface area contributed by atoms with Crippen molar-refractivity contribution in [3.63, 3.8) is 0 Å². The molecule has 0 aromatic heterocycles. The van der Waals surface area contributed by atoms with Crippen LogP contribution in [0.4, 0.5) is 5.69 Å². The summed E-state index contributed by atoms with van der Waals surface area (Å²) in [5.74, 6) is -0.209. The first-order chi connectivity index (χ1) is 13.0. The third kappa shape index (κ3) is 5.15. The van der Waals surface area contributed by atoms with Crippen molar-refractivity contribution < 1.29 is 9.59 Å². The lowest BCUT2D eigenvalue weighted by Gasteiger charge is -2.32. The summed E-state index contributed by atoms with van der Waals surface area (Å²) in [6.45, 7) is 3.25. The van der Waals surface area contributed by atoms with Crippen molar-refractivity contribution in [1.82, 2.24) is 9.80 Å². The molecule has 1 heterocycles. The molecular formula is C21H26N4O2. The summed E-state index contributed by atoms with van der Waals surface area (Å²) >= 11 is 0. The predicted molar refractivity (Wildman–Crippen MR) is 107 cm³/mol. The normalized spacial score (nSPS) is 16.0. The summed E-state index contributed by atoms with van der Waals surface area (Å²) in [6.07, 6.45) is 0.479. The third-order valence-electron chi connectivity index (χ3n) is 4.83. The number of amides is 2. The average molecular weight is 366 g/mol. The molecule has 1 fully saturated rings. The summed E-state index contributed by atoms with van der Waals surface area (Å²) < 4.78 is 0. The molecule has 1 aliphatic rings. The van der Waals surface area contributed by atoms with Crippen LogP contribution in [0.5, 0.6) is 0 Å². The molecule has 3 rings (SSSR count). The highest BCUT2D eigenvalue weighted by atomic mass is 16.2. The predicted octanol–water partition coefficient (Wildman–Crippen LogP) is 1.58. The Labute approximate surface area is 159 Å². The van der Waals surface area contributed by atoms with Crippen LogP contribution < -0.4 is 11.1 Å². The largest absolute Gasteiger partial charge is 0.336 e. The molecule has 6 heteroatoms. The van der Waals surface area contributed by atoms with Gasteiger partial charge in [-0.05, 0) is 43.3 Å². The van der Waals surface area contributed by atoms with Gasteiger partial charge in [-0.3, -0.25) is 9.59 Å². The first-order valence-electron chi connectivity index (χ1n) is 9.21. The van der Waals surface area contributed by atoms with Crippen molar-refractivity contribution in [3.05, 3.63) is 65.7 Å². The minimum Gasteiger partial charge on any atom is -0.336 e. The molecule has 2 aromatic carbocycles. The van der Waals surface area contributed by atoms with Crippen LogP contribution in [-0.2, 0) is 11.2 Å². The molecule has 1 saturated heterocycles. The fourth-order valence-corrected chi connectivity index (χ4v) is 3.08. The number of hydrogen-bond donors (Lipinski definition) is 2. The number of piperazine rings is 1. The highest BCUT2D eigenvalue weighted by molar-refractivity contribution is 5.97. The van der Waals surface area contributed by atoms with Crippen molar-refractivity contribution in [1.29, 1.82) is 0 Å². The van der Waals surface area contributed by atoms with Gasteiger partial charge in [-0.1, -0.05) is 30.3 Å². The molecule has 0 radical (unpaired) electrons. The summed E-state index contributed by atoms with van der Waals surface area (Å²) in [5, 5.41) is 2.82. The number of benzene rings is 2. The van der Waals surface area contributed by atoms with Gasteiger partial charge in [-0.25, -0.2) is 0 Å². The van der Waals surface area contributed by atoms with Crippen molar-refractivity contribution in [2.45, 2.75) is 12.5 Å². The SMILES string of the molecule is CN1CCN(C(=O)c2ccc(NC(=O)C(N)Cc3ccccc3)cc2)CC1. The van der Waals surface area contributed by atoms with E-state index >= 15 is 0 Å². The van der Waals surface area contributed by atoms with Crippen LogP contribution in [0.3, 0.4) is 0 Å². The first-order valence-corrected chi connectivity index (χ1v) is 9.21. The van der Waals surface area contributed by atoms with E-state index in [9.17, 15) is 9.59 Å². The molecule has 0 saturated carbocycles. The van der Waals surface area contributed by atoms with Gasteiger partial charge in [-0.2, -0.15) is 0 Å². The highest BCUT2D eigenvalue weighted by Crippen LogP contribution is 2.14. The van der Waals surface area contributed by atoms with E-state index in [4.69, 9.17) is 5.73 Å². The van der Waals surface area contributed by atoms with Crippen LogP contribution in [-0.4, -0.2) is 60.9 Å². The van der Waals surface area contributed by atoms with Gasteiger partial charge in [0.15, 0.2) is 0 Å². The number of carbonyl (C=O) groups is 2. The topological polar surface area (TPSA) is 78.7 Å². The Bertz CT molecular complexity index is 769. The van der Waals surface area contributed by atoms with Gasteiger partial charge >= 0.3 is 0 Å². The molecule has 6 nitrogen and oxygen atoms in total. The Morgan fingerprint density at radius 3 is 2.26 bits per heavy atom. The van der Waals surface area contributed by atoms with E-state index in [0.29, 0.717) is 17.7 Å². The van der Waals surface area contributed by atoms with Gasteiger partial charge in [0.1, 0.15) is 0 Å². The van der Waals surface area contributed by atoms with E-state index in [-0.39, 0.29) is 11.8 Å². The summed E-state index contributed by atoms with van der Waals surface area (Å²) in [6, 6.07) is 16.0. The molecule has 27 heavy (non-hydrogen) atoms. The summed E-state index contributed by atoms with van der Waals surface area (Å²) in [5.41, 5.74) is 8.30. The van der Waals surface area contributed by atoms with Gasteiger partial charge < -0.3 is 20.9 Å². The molecule has 142 valence electrons. The fraction of sp³-hybridized carbons (Fsp3) is 0.333. The lowest BCUT2D eigenvalue weighted by Crippen LogP contribution is -2.47. The average Bonchev–Trinajstić information content (AvgIpc) is 2.69. The van der Waals surface area contributed by atoms with Crippen molar-refractivity contribution >= 4 is 17.5 Å². The van der Waals surface area contributed by atoms with Gasteiger partial charge in [0.25, 0.3) is 5.91 Å². The molecule has 0 aliphatic carbocycles. The van der Waals surface area contributed by atoms with Crippen molar-refractivity contribution in [3.8, 4) is 0 Å². The second-order valence-electron chi connectivity index (χ2n) is 6.96. The van der Waals surface area contributed by atoms with E-state index < -0.39 is 6.04 Å². The van der Waals surface area contributed by atoms with Crippen LogP contribution in [0.15, 0.2) is 54.6 Å². The van der Waals surface area contributed by atoms with E-state index in [1.807, 2.05) is 35.2 Å². The standard InChI is InChI=1S/C21H26N4O2/c1-24-11-13-25(14-12-24)21(27)17-7-9-18(10-8-17)23-20(26)19(22)15-16-5-3-2-4-6-16/h2-10,19H,11-15,22H2,1H3,(H,23,26). The number of carbonyl (C=O) groups excluding carboxylic acids is 2. The van der Waals surface area contributed by atoms with Crippen molar-refractivity contribution in [2.75, 3.05) is 38.5 Å². The first kappa shape index (κ1) is 19.1. The van der Waals surface area contributed by atoms with E-state index in [1.165, 1.54) is 0 Å². The van der Waals surface area contributed by atoms with Crippen molar-refractivity contribution in [2.24, 2.45) is 5.73 Å². The number of hydrogen-bond acceptors (Lipinski definition) is 4. The number of nitrogens with zero attached hydrogens (tertiary/aromatic N) is 2. The number of rotatable bonds is 5. The van der Waals surface area contributed by atoms with Crippen LogP contribution in [0, 0.1) is 0 Å². The summed E-state index contributed by atoms with van der Waals surface area (Å²) in [7, 11) is 2.06. The minimum atomic E-state index is -0.626. The number of likely N-dealkylation sites (N-methyl/N-ethyl adjacent to an activating group) is 1. The Hall–Kier alpha value is -2.70. The lowest BCUT2D eigenvalue weighted by molar-refractivity contribution is -0.117. The molecule has 2 aromatic rings. The maximum atomic E-state index is 12.6. The quantitative estimate of drug-likeness (QED) is 0.842. The molecule has 0 bridgehead atoms. The molecule has 3 N–H and O–H groups in total. The highest BCUT2D eigenvalue weighted by Gasteiger charge is 2.20. The summed E-state index contributed by atoms with van der Waals surface area (Å²) in [4.78, 5) is 28.9. The molecule has 0 spiro atoms. The monoisotopic (exact) mass is 366 g/mol. The molecule has 1 unspecified atom stereocenters. The molecule has 2 amide bonds. The molecule has 1 aliphatic heterocycles. The smallest absolute Gasteiger partial charge is 0.253 e. The lowest BCUT2D eigenvalue weighted by atomic mass is 10.1. The van der Waals surface area contributed by atoms with Crippen LogP contribution in [0.2, 0.25) is 0 Å². The second-order valence-corrected chi connectivity index (χ2v) is 6.96. The van der Waals surface area contributed by atoms with Crippen LogP contribution in [0.25, 0.3) is 0 Å². The van der Waals surface area contributed by atoms with E-state index in [0.717, 1.165) is 31.7 Å². The zero-order chi connectivity index (χ0) is 19.2. The molecular weight excluding hydrogens is 340 g/mol. The van der Waals surface area contributed by atoms with Gasteiger partial charge in [-0.15, -0.1) is 0 Å². The Kier molecular flexibility index (Phi) is 6.21. The van der Waals surface area contributed by atoms with Crippen LogP contribution >= 0.6 is 0 Å². The molecule has 1 atom stereocenters. The number of anilines is 1. The Morgan fingerprint density at radius 2 is 1.63 bits per heavy atom. The number of nitrogens with one attached hydrogen (secondary N) is 1. The second kappa shape index (κ2) is 8.79. The van der Waals surface area contributed by atoms with E-state index in [2.05, 4.69) is 17.3 Å². The van der Waals surface area contributed by atoms with Gasteiger partial charge in [0, 0.05) is 37.4 Å². The Morgan fingerprint density at radius 1 is 1.00 bits per heavy atom.